The quantitative estimate of drug-likeness (QED) is 0.0493. The Balaban J connectivity index is 4.24. The van der Waals surface area contributed by atoms with Gasteiger partial charge < -0.3 is 13.3 Å². The van der Waals surface area contributed by atoms with Crippen LogP contribution in [0.3, 0.4) is 0 Å². The van der Waals surface area contributed by atoms with Crippen molar-refractivity contribution in [3.8, 4) is 0 Å². The van der Waals surface area contributed by atoms with Gasteiger partial charge in [-0.2, -0.15) is 0 Å². The lowest BCUT2D eigenvalue weighted by Gasteiger charge is -2.30. The first-order valence-corrected chi connectivity index (χ1v) is 22.2. The summed E-state index contributed by atoms with van der Waals surface area (Å²) in [5.41, 5.74) is 0. The molecule has 0 saturated carbocycles. The van der Waals surface area contributed by atoms with Crippen molar-refractivity contribution in [1.82, 2.24) is 0 Å². The lowest BCUT2D eigenvalue weighted by molar-refractivity contribution is 0.00259. The van der Waals surface area contributed by atoms with Crippen molar-refractivity contribution in [3.05, 3.63) is 0 Å². The summed E-state index contributed by atoms with van der Waals surface area (Å²) in [4.78, 5) is 0. The minimum absolute atomic E-state index is 0.212. The van der Waals surface area contributed by atoms with Crippen molar-refractivity contribution in [1.29, 1.82) is 0 Å². The van der Waals surface area contributed by atoms with Crippen LogP contribution in [-0.4, -0.2) is 28.8 Å². The van der Waals surface area contributed by atoms with E-state index >= 15 is 0 Å². The molecule has 0 aliphatic heterocycles. The Morgan fingerprint density at radius 1 is 0.378 bits per heavy atom. The highest BCUT2D eigenvalue weighted by Crippen LogP contribution is 2.22. The van der Waals surface area contributed by atoms with Crippen molar-refractivity contribution >= 4 is 9.53 Å². The third kappa shape index (κ3) is 31.1. The van der Waals surface area contributed by atoms with Gasteiger partial charge in [0.1, 0.15) is 0 Å². The lowest BCUT2D eigenvalue weighted by Crippen LogP contribution is -2.39. The van der Waals surface area contributed by atoms with Gasteiger partial charge in [0.2, 0.25) is 0 Å². The van der Waals surface area contributed by atoms with Gasteiger partial charge in [-0.25, -0.2) is 0 Å². The smallest absolute Gasteiger partial charge is 0.379 e. The fourth-order valence-electron chi connectivity index (χ4n) is 6.93. The van der Waals surface area contributed by atoms with E-state index in [2.05, 4.69) is 41.5 Å². The van der Waals surface area contributed by atoms with E-state index in [4.69, 9.17) is 13.3 Å². The van der Waals surface area contributed by atoms with E-state index in [9.17, 15) is 0 Å². The molecule has 0 radical (unpaired) electrons. The molecular weight excluding hydrogens is 569 g/mol. The van der Waals surface area contributed by atoms with Crippen LogP contribution in [-0.2, 0) is 13.3 Å². The van der Waals surface area contributed by atoms with Crippen LogP contribution >= 0.6 is 0 Å². The summed E-state index contributed by atoms with van der Waals surface area (Å²) in [5, 5.41) is 0. The van der Waals surface area contributed by atoms with Crippen molar-refractivity contribution in [2.75, 3.05) is 7.11 Å². The Bertz CT molecular complexity index is 515. The molecule has 0 spiro atoms. The van der Waals surface area contributed by atoms with Crippen molar-refractivity contribution in [2.24, 2.45) is 11.8 Å². The fraction of sp³-hybridized carbons (Fsp3) is 1.00. The zero-order valence-corrected chi connectivity index (χ0v) is 33.5. The number of hydrogen-bond acceptors (Lipinski definition) is 3. The number of unbranched alkanes of at least 4 members (excludes halogenated alkanes) is 26. The van der Waals surface area contributed by atoms with Gasteiger partial charge in [-0.05, 0) is 24.7 Å². The maximum absolute atomic E-state index is 6.65. The van der Waals surface area contributed by atoms with Crippen LogP contribution in [0, 0.1) is 11.8 Å². The molecule has 1 atom stereocenters. The molecule has 0 aromatic heterocycles. The van der Waals surface area contributed by atoms with Gasteiger partial charge in [0.05, 0.1) is 6.10 Å². The van der Waals surface area contributed by atoms with E-state index in [0.717, 1.165) is 0 Å². The minimum Gasteiger partial charge on any atom is -0.379 e. The molecule has 0 bridgehead atoms. The monoisotopic (exact) mass is 655 g/mol. The molecule has 0 N–H and O–H groups in total. The van der Waals surface area contributed by atoms with Crippen molar-refractivity contribution < 1.29 is 13.3 Å². The molecule has 4 heteroatoms. The van der Waals surface area contributed by atoms with Crippen molar-refractivity contribution in [2.45, 2.75) is 246 Å². The normalized spacial score (nSPS) is 12.9. The molecule has 0 aromatic rings. The van der Waals surface area contributed by atoms with Crippen LogP contribution in [0.25, 0.3) is 0 Å². The standard InChI is InChI=1S/C41H86O3Si/c1-8-10-12-14-16-18-20-22-24-26-28-30-32-34-36-40(43-45(42-7)44-41(38(3)4)39(5)6)37-35-33-31-29-27-25-23-21-19-17-15-13-11-9-2/h38-41,45H,8-37H2,1-7H3. The van der Waals surface area contributed by atoms with Crippen LogP contribution in [0.5, 0.6) is 0 Å². The Hall–Kier alpha value is 0.0969. The van der Waals surface area contributed by atoms with Crippen LogP contribution in [0.15, 0.2) is 0 Å². The van der Waals surface area contributed by atoms with Gasteiger partial charge in [-0.15, -0.1) is 0 Å². The van der Waals surface area contributed by atoms with Gasteiger partial charge >= 0.3 is 9.53 Å². The van der Waals surface area contributed by atoms with E-state index in [1.165, 1.54) is 193 Å². The highest BCUT2D eigenvalue weighted by molar-refractivity contribution is 6.36. The molecule has 0 fully saturated rings. The second kappa shape index (κ2) is 35.4. The van der Waals surface area contributed by atoms with Crippen LogP contribution in [0.4, 0.5) is 0 Å². The van der Waals surface area contributed by atoms with Gasteiger partial charge in [-0.1, -0.05) is 221 Å². The molecule has 0 rings (SSSR count). The molecule has 0 aromatic carbocycles. The van der Waals surface area contributed by atoms with E-state index in [0.29, 0.717) is 17.9 Å². The summed E-state index contributed by atoms with van der Waals surface area (Å²) < 4.78 is 19.0. The largest absolute Gasteiger partial charge is 0.484 e. The summed E-state index contributed by atoms with van der Waals surface area (Å²) >= 11 is 0. The SMILES string of the molecule is CCCCCCCCCCCCCCCCC(CCCCCCCCCCCCCCCC)O[SiH](OC)OC(C(C)C)C(C)C. The van der Waals surface area contributed by atoms with Crippen LogP contribution < -0.4 is 0 Å². The average molecular weight is 655 g/mol. The molecule has 272 valence electrons. The third-order valence-corrected chi connectivity index (χ3v) is 11.4. The molecular formula is C41H86O3Si. The minimum atomic E-state index is -2.13. The molecule has 1 unspecified atom stereocenters. The Labute approximate surface area is 287 Å². The molecule has 0 amide bonds. The van der Waals surface area contributed by atoms with Gasteiger partial charge in [0.15, 0.2) is 0 Å². The molecule has 0 aliphatic carbocycles. The van der Waals surface area contributed by atoms with Gasteiger partial charge in [-0.3, -0.25) is 0 Å². The Kier molecular flexibility index (Phi) is 35.5. The summed E-state index contributed by atoms with van der Waals surface area (Å²) in [6.45, 7) is 13.6. The second-order valence-corrected chi connectivity index (χ2v) is 16.7. The predicted octanol–water partition coefficient (Wildman–Crippen LogP) is 14.2. The first-order valence-electron chi connectivity index (χ1n) is 20.8. The molecule has 3 nitrogen and oxygen atoms in total. The van der Waals surface area contributed by atoms with Crippen molar-refractivity contribution in [3.63, 3.8) is 0 Å². The van der Waals surface area contributed by atoms with Gasteiger partial charge in [0, 0.05) is 13.2 Å². The van der Waals surface area contributed by atoms with Crippen LogP contribution in [0.2, 0.25) is 0 Å². The topological polar surface area (TPSA) is 27.7 Å². The third-order valence-electron chi connectivity index (χ3n) is 9.84. The van der Waals surface area contributed by atoms with E-state index in [-0.39, 0.29) is 6.10 Å². The zero-order chi connectivity index (χ0) is 33.2. The Morgan fingerprint density at radius 3 is 0.889 bits per heavy atom. The summed E-state index contributed by atoms with van der Waals surface area (Å²) in [6.07, 6.45) is 42.3. The fourth-order valence-corrected chi connectivity index (χ4v) is 8.68. The molecule has 0 heterocycles. The zero-order valence-electron chi connectivity index (χ0n) is 32.3. The molecule has 0 saturated heterocycles. The van der Waals surface area contributed by atoms with Gasteiger partial charge in [0.25, 0.3) is 0 Å². The number of hydrogen-bond donors (Lipinski definition) is 0. The highest BCUT2D eigenvalue weighted by Gasteiger charge is 2.27. The first kappa shape index (κ1) is 45.1. The molecule has 45 heavy (non-hydrogen) atoms. The summed E-state index contributed by atoms with van der Waals surface area (Å²) in [5.74, 6) is 0.961. The highest BCUT2D eigenvalue weighted by atomic mass is 28.3. The average Bonchev–Trinajstić information content (AvgIpc) is 3.02. The second-order valence-electron chi connectivity index (χ2n) is 15.1. The Morgan fingerprint density at radius 2 is 0.644 bits per heavy atom. The summed E-state index contributed by atoms with van der Waals surface area (Å²) in [6, 6.07) is 0. The summed E-state index contributed by atoms with van der Waals surface area (Å²) in [7, 11) is -0.331. The first-order chi connectivity index (χ1) is 22.0. The predicted molar refractivity (Wildman–Crippen MR) is 203 cm³/mol. The maximum atomic E-state index is 6.65. The lowest BCUT2D eigenvalue weighted by atomic mass is 9.97. The number of rotatable bonds is 37. The van der Waals surface area contributed by atoms with Crippen LogP contribution in [0.1, 0.15) is 234 Å². The van der Waals surface area contributed by atoms with E-state index in [1.807, 2.05) is 0 Å². The van der Waals surface area contributed by atoms with E-state index in [1.54, 1.807) is 7.11 Å². The van der Waals surface area contributed by atoms with E-state index < -0.39 is 9.53 Å². The maximum Gasteiger partial charge on any atom is 0.484 e. The molecule has 0 aliphatic rings.